The van der Waals surface area contributed by atoms with Gasteiger partial charge in [-0.05, 0) is 36.4 Å². The number of nitrogens with one attached hydrogen (secondary N) is 2. The van der Waals surface area contributed by atoms with E-state index >= 15 is 0 Å². The zero-order chi connectivity index (χ0) is 18.5. The summed E-state index contributed by atoms with van der Waals surface area (Å²) in [6.07, 6.45) is 0.216. The first-order chi connectivity index (χ1) is 12.5. The molecular formula is C19H19N3O4. The van der Waals surface area contributed by atoms with Crippen LogP contribution in [0.15, 0.2) is 48.5 Å². The maximum Gasteiger partial charge on any atom is 0.244 e. The number of benzene rings is 2. The number of carbonyl (C=O) groups is 3. The standard InChI is InChI=1S/C19H19N3O4/c1-13(23)20-14-6-8-15(9-7-14)21-18(24)12-22-16-4-2-3-5-17(16)26-11-10-19(22)25/h2-9H,10-12H2,1H3,(H,20,23)(H,21,24). The lowest BCUT2D eigenvalue weighted by Gasteiger charge is -2.21. The molecule has 2 aromatic carbocycles. The summed E-state index contributed by atoms with van der Waals surface area (Å²) < 4.78 is 5.57. The molecule has 3 amide bonds. The number of amides is 3. The molecule has 1 aliphatic rings. The van der Waals surface area contributed by atoms with Gasteiger partial charge in [-0.15, -0.1) is 0 Å². The molecule has 0 fully saturated rings. The Balaban J connectivity index is 1.69. The molecule has 0 atom stereocenters. The number of nitrogens with zero attached hydrogens (tertiary/aromatic N) is 1. The molecule has 0 spiro atoms. The monoisotopic (exact) mass is 353 g/mol. The second kappa shape index (κ2) is 7.69. The number of hydrogen-bond donors (Lipinski definition) is 2. The molecule has 0 saturated heterocycles. The van der Waals surface area contributed by atoms with Crippen LogP contribution in [0, 0.1) is 0 Å². The minimum absolute atomic E-state index is 0.105. The van der Waals surface area contributed by atoms with Gasteiger partial charge in [0.15, 0.2) is 0 Å². The number of fused-ring (bicyclic) bond motifs is 1. The first-order valence-corrected chi connectivity index (χ1v) is 8.22. The van der Waals surface area contributed by atoms with Crippen molar-refractivity contribution >= 4 is 34.8 Å². The van der Waals surface area contributed by atoms with Crippen LogP contribution >= 0.6 is 0 Å². The van der Waals surface area contributed by atoms with Gasteiger partial charge in [-0.1, -0.05) is 12.1 Å². The fraction of sp³-hybridized carbons (Fsp3) is 0.211. The molecular weight excluding hydrogens is 334 g/mol. The Kier molecular flexibility index (Phi) is 5.17. The Hall–Kier alpha value is -3.35. The molecule has 0 aromatic heterocycles. The third kappa shape index (κ3) is 4.18. The first-order valence-electron chi connectivity index (χ1n) is 8.22. The van der Waals surface area contributed by atoms with E-state index in [1.165, 1.54) is 11.8 Å². The van der Waals surface area contributed by atoms with Crippen LogP contribution in [0.2, 0.25) is 0 Å². The van der Waals surface area contributed by atoms with Gasteiger partial charge in [0, 0.05) is 18.3 Å². The molecule has 0 aliphatic carbocycles. The maximum absolute atomic E-state index is 12.4. The van der Waals surface area contributed by atoms with Gasteiger partial charge in [-0.3, -0.25) is 19.3 Å². The summed E-state index contributed by atoms with van der Waals surface area (Å²) in [6, 6.07) is 13.9. The Morgan fingerprint density at radius 1 is 1.04 bits per heavy atom. The molecule has 0 radical (unpaired) electrons. The number of hydrogen-bond acceptors (Lipinski definition) is 4. The molecule has 0 saturated carbocycles. The van der Waals surface area contributed by atoms with E-state index in [0.717, 1.165) is 0 Å². The minimum Gasteiger partial charge on any atom is -0.491 e. The smallest absolute Gasteiger partial charge is 0.244 e. The fourth-order valence-corrected chi connectivity index (χ4v) is 2.68. The molecule has 2 aromatic rings. The summed E-state index contributed by atoms with van der Waals surface area (Å²) >= 11 is 0. The van der Waals surface area contributed by atoms with E-state index in [1.807, 2.05) is 6.07 Å². The predicted octanol–water partition coefficient (Wildman–Crippen LogP) is 2.40. The quantitative estimate of drug-likeness (QED) is 0.883. The summed E-state index contributed by atoms with van der Waals surface area (Å²) in [5.41, 5.74) is 1.81. The Labute approximate surface area is 150 Å². The number of para-hydroxylation sites is 2. The van der Waals surface area contributed by atoms with Crippen LogP contribution in [0.25, 0.3) is 0 Å². The van der Waals surface area contributed by atoms with E-state index in [2.05, 4.69) is 10.6 Å². The van der Waals surface area contributed by atoms with Crippen LogP contribution < -0.4 is 20.3 Å². The van der Waals surface area contributed by atoms with Crippen LogP contribution in [-0.2, 0) is 14.4 Å². The van der Waals surface area contributed by atoms with Crippen molar-refractivity contribution < 1.29 is 19.1 Å². The van der Waals surface area contributed by atoms with Crippen LogP contribution in [-0.4, -0.2) is 30.9 Å². The Bertz CT molecular complexity index is 833. The van der Waals surface area contributed by atoms with E-state index in [9.17, 15) is 14.4 Å². The van der Waals surface area contributed by atoms with E-state index in [4.69, 9.17) is 4.74 Å². The number of ether oxygens (including phenoxy) is 1. The first kappa shape index (κ1) is 17.5. The highest BCUT2D eigenvalue weighted by Gasteiger charge is 2.24. The van der Waals surface area contributed by atoms with Gasteiger partial charge in [0.05, 0.1) is 18.7 Å². The molecule has 3 rings (SSSR count). The third-order valence-corrected chi connectivity index (χ3v) is 3.82. The van der Waals surface area contributed by atoms with E-state index in [1.54, 1.807) is 42.5 Å². The topological polar surface area (TPSA) is 87.7 Å². The van der Waals surface area contributed by atoms with Crippen molar-refractivity contribution in [3.05, 3.63) is 48.5 Å². The third-order valence-electron chi connectivity index (χ3n) is 3.82. The Morgan fingerprint density at radius 3 is 2.38 bits per heavy atom. The van der Waals surface area contributed by atoms with Crippen LogP contribution in [0.3, 0.4) is 0 Å². The number of carbonyl (C=O) groups excluding carboxylic acids is 3. The zero-order valence-corrected chi connectivity index (χ0v) is 14.3. The molecule has 0 bridgehead atoms. The van der Waals surface area contributed by atoms with E-state index in [-0.39, 0.29) is 30.7 Å². The molecule has 26 heavy (non-hydrogen) atoms. The van der Waals surface area contributed by atoms with E-state index in [0.29, 0.717) is 29.4 Å². The van der Waals surface area contributed by atoms with Crippen molar-refractivity contribution in [1.82, 2.24) is 0 Å². The molecule has 0 unspecified atom stereocenters. The van der Waals surface area contributed by atoms with Crippen LogP contribution in [0.1, 0.15) is 13.3 Å². The second-order valence-electron chi connectivity index (χ2n) is 5.85. The highest BCUT2D eigenvalue weighted by atomic mass is 16.5. The minimum atomic E-state index is -0.317. The van der Waals surface area contributed by atoms with Gasteiger partial charge in [0.25, 0.3) is 0 Å². The van der Waals surface area contributed by atoms with Crippen molar-refractivity contribution in [3.63, 3.8) is 0 Å². The second-order valence-corrected chi connectivity index (χ2v) is 5.85. The van der Waals surface area contributed by atoms with Gasteiger partial charge in [0.1, 0.15) is 12.3 Å². The largest absolute Gasteiger partial charge is 0.491 e. The maximum atomic E-state index is 12.4. The van der Waals surface area contributed by atoms with Gasteiger partial charge in [0.2, 0.25) is 17.7 Å². The molecule has 1 aliphatic heterocycles. The summed E-state index contributed by atoms with van der Waals surface area (Å²) in [5, 5.41) is 5.41. The lowest BCUT2D eigenvalue weighted by molar-refractivity contribution is -0.121. The summed E-state index contributed by atoms with van der Waals surface area (Å²) in [6.45, 7) is 1.61. The zero-order valence-electron chi connectivity index (χ0n) is 14.3. The summed E-state index contributed by atoms with van der Waals surface area (Å²) in [5.74, 6) is -0.0541. The average molecular weight is 353 g/mol. The van der Waals surface area contributed by atoms with Crippen LogP contribution in [0.5, 0.6) is 5.75 Å². The van der Waals surface area contributed by atoms with Gasteiger partial charge in [-0.2, -0.15) is 0 Å². The van der Waals surface area contributed by atoms with Crippen molar-refractivity contribution in [1.29, 1.82) is 0 Å². The van der Waals surface area contributed by atoms with Crippen molar-refractivity contribution in [2.75, 3.05) is 28.7 Å². The SMILES string of the molecule is CC(=O)Nc1ccc(NC(=O)CN2C(=O)CCOc3ccccc32)cc1. The van der Waals surface area contributed by atoms with Crippen molar-refractivity contribution in [3.8, 4) is 5.75 Å². The number of rotatable bonds is 4. The Morgan fingerprint density at radius 2 is 1.69 bits per heavy atom. The fourth-order valence-electron chi connectivity index (χ4n) is 2.68. The van der Waals surface area contributed by atoms with Crippen molar-refractivity contribution in [2.24, 2.45) is 0 Å². The molecule has 7 nitrogen and oxygen atoms in total. The average Bonchev–Trinajstić information content (AvgIpc) is 2.76. The van der Waals surface area contributed by atoms with E-state index < -0.39 is 0 Å². The normalized spacial score (nSPS) is 13.3. The van der Waals surface area contributed by atoms with Gasteiger partial charge >= 0.3 is 0 Å². The highest BCUT2D eigenvalue weighted by Crippen LogP contribution is 2.30. The molecule has 134 valence electrons. The van der Waals surface area contributed by atoms with Gasteiger partial charge < -0.3 is 15.4 Å². The van der Waals surface area contributed by atoms with Crippen molar-refractivity contribution in [2.45, 2.75) is 13.3 Å². The van der Waals surface area contributed by atoms with Crippen LogP contribution in [0.4, 0.5) is 17.1 Å². The lowest BCUT2D eigenvalue weighted by Crippen LogP contribution is -2.37. The summed E-state index contributed by atoms with van der Waals surface area (Å²) in [4.78, 5) is 37.2. The lowest BCUT2D eigenvalue weighted by atomic mass is 10.2. The summed E-state index contributed by atoms with van der Waals surface area (Å²) in [7, 11) is 0. The highest BCUT2D eigenvalue weighted by molar-refractivity contribution is 6.03. The molecule has 7 heteroatoms. The number of anilines is 3. The van der Waals surface area contributed by atoms with Gasteiger partial charge in [-0.25, -0.2) is 0 Å². The molecule has 2 N–H and O–H groups in total. The predicted molar refractivity (Wildman–Crippen MR) is 98.3 cm³/mol. The molecule has 1 heterocycles.